The number of nitrogens with zero attached hydrogens (tertiary/aromatic N) is 3. The number of amides is 1. The van der Waals surface area contributed by atoms with Crippen LogP contribution in [0.2, 0.25) is 0 Å². The Balaban J connectivity index is 1.32. The lowest BCUT2D eigenvalue weighted by molar-refractivity contribution is 0.0872. The van der Waals surface area contributed by atoms with Crippen molar-refractivity contribution in [3.63, 3.8) is 0 Å². The molecule has 0 radical (unpaired) electrons. The molecule has 2 heterocycles. The van der Waals surface area contributed by atoms with Gasteiger partial charge < -0.3 is 19.0 Å². The average Bonchev–Trinajstić information content (AvgIpc) is 3.34. The van der Waals surface area contributed by atoms with E-state index in [4.69, 9.17) is 13.7 Å². The molecule has 1 N–H and O–H groups in total. The topological polar surface area (TPSA) is 103 Å². The van der Waals surface area contributed by atoms with E-state index in [0.717, 1.165) is 18.4 Å². The van der Waals surface area contributed by atoms with Crippen LogP contribution in [0, 0.1) is 0 Å². The SMILES string of the molecule is CO[C@H](C)c1nnc(C2CC(NC(=O)c3cc(-c4ccccc4)on3)C2)o1. The lowest BCUT2D eigenvalue weighted by Gasteiger charge is -2.33. The molecular formula is C19H20N4O4. The minimum atomic E-state index is -0.247. The molecule has 0 bridgehead atoms. The van der Waals surface area contributed by atoms with Gasteiger partial charge in [0.15, 0.2) is 11.5 Å². The standard InChI is InChI=1S/C19H20N4O4/c1-11(25-2)18-21-22-19(26-18)13-8-14(9-13)20-17(24)15-10-16(27-23-15)12-6-4-3-5-7-12/h3-7,10-11,13-14H,8-9H2,1-2H3,(H,20,24)/t11-,13?,14?/m1/s1. The van der Waals surface area contributed by atoms with Crippen LogP contribution in [0.5, 0.6) is 0 Å². The number of aromatic nitrogens is 3. The molecule has 1 amide bonds. The van der Waals surface area contributed by atoms with Crippen LogP contribution in [0.3, 0.4) is 0 Å². The Morgan fingerprint density at radius 3 is 2.78 bits per heavy atom. The number of hydrogen-bond donors (Lipinski definition) is 1. The maximum absolute atomic E-state index is 12.4. The zero-order valence-electron chi connectivity index (χ0n) is 15.1. The van der Waals surface area contributed by atoms with E-state index in [9.17, 15) is 4.79 Å². The Morgan fingerprint density at radius 1 is 1.26 bits per heavy atom. The summed E-state index contributed by atoms with van der Waals surface area (Å²) in [6.45, 7) is 1.85. The first-order valence-corrected chi connectivity index (χ1v) is 8.83. The van der Waals surface area contributed by atoms with E-state index in [1.54, 1.807) is 13.2 Å². The molecule has 1 saturated carbocycles. The second kappa shape index (κ2) is 7.32. The zero-order valence-corrected chi connectivity index (χ0v) is 15.1. The van der Waals surface area contributed by atoms with Crippen LogP contribution in [-0.2, 0) is 4.74 Å². The quantitative estimate of drug-likeness (QED) is 0.713. The van der Waals surface area contributed by atoms with Gasteiger partial charge in [-0.15, -0.1) is 10.2 Å². The van der Waals surface area contributed by atoms with E-state index in [2.05, 4.69) is 20.7 Å². The summed E-state index contributed by atoms with van der Waals surface area (Å²) >= 11 is 0. The largest absolute Gasteiger partial charge is 0.422 e. The second-order valence-corrected chi connectivity index (χ2v) is 6.64. The van der Waals surface area contributed by atoms with Gasteiger partial charge in [-0.3, -0.25) is 4.79 Å². The van der Waals surface area contributed by atoms with Crippen molar-refractivity contribution in [2.75, 3.05) is 7.11 Å². The van der Waals surface area contributed by atoms with Crippen LogP contribution >= 0.6 is 0 Å². The molecule has 1 fully saturated rings. The summed E-state index contributed by atoms with van der Waals surface area (Å²) in [4.78, 5) is 12.4. The van der Waals surface area contributed by atoms with Gasteiger partial charge in [-0.2, -0.15) is 0 Å². The fourth-order valence-corrected chi connectivity index (χ4v) is 2.99. The smallest absolute Gasteiger partial charge is 0.273 e. The van der Waals surface area contributed by atoms with Crippen molar-refractivity contribution >= 4 is 5.91 Å². The first-order chi connectivity index (χ1) is 13.1. The molecule has 8 heteroatoms. The minimum Gasteiger partial charge on any atom is -0.422 e. The van der Waals surface area contributed by atoms with Crippen molar-refractivity contribution in [3.8, 4) is 11.3 Å². The lowest BCUT2D eigenvalue weighted by Crippen LogP contribution is -2.43. The van der Waals surface area contributed by atoms with Gasteiger partial charge in [0.05, 0.1) is 0 Å². The summed E-state index contributed by atoms with van der Waals surface area (Å²) in [6.07, 6.45) is 1.27. The number of ether oxygens (including phenoxy) is 1. The summed E-state index contributed by atoms with van der Waals surface area (Å²) < 4.78 is 16.1. The number of nitrogens with one attached hydrogen (secondary N) is 1. The van der Waals surface area contributed by atoms with Gasteiger partial charge in [-0.25, -0.2) is 0 Å². The summed E-state index contributed by atoms with van der Waals surface area (Å²) in [5.41, 5.74) is 1.15. The van der Waals surface area contributed by atoms with Crippen LogP contribution in [0.25, 0.3) is 11.3 Å². The highest BCUT2D eigenvalue weighted by atomic mass is 16.5. The van der Waals surface area contributed by atoms with Crippen LogP contribution in [0.15, 0.2) is 45.3 Å². The third kappa shape index (κ3) is 3.61. The molecule has 8 nitrogen and oxygen atoms in total. The molecule has 2 aromatic heterocycles. The van der Waals surface area contributed by atoms with E-state index < -0.39 is 0 Å². The summed E-state index contributed by atoms with van der Waals surface area (Å²) in [5.74, 6) is 1.53. The number of methoxy groups -OCH3 is 1. The molecular weight excluding hydrogens is 348 g/mol. The highest BCUT2D eigenvalue weighted by Crippen LogP contribution is 2.36. The van der Waals surface area contributed by atoms with Gasteiger partial charge in [-0.1, -0.05) is 35.5 Å². The van der Waals surface area contributed by atoms with E-state index >= 15 is 0 Å². The molecule has 1 aliphatic rings. The summed E-state index contributed by atoms with van der Waals surface area (Å²) in [6, 6.07) is 11.2. The molecule has 1 atom stereocenters. The van der Waals surface area contributed by atoms with E-state index in [1.807, 2.05) is 37.3 Å². The first kappa shape index (κ1) is 17.4. The van der Waals surface area contributed by atoms with Gasteiger partial charge in [0.25, 0.3) is 5.91 Å². The monoisotopic (exact) mass is 368 g/mol. The molecule has 3 aromatic rings. The summed E-state index contributed by atoms with van der Waals surface area (Å²) in [5, 5.41) is 14.9. The van der Waals surface area contributed by atoms with Gasteiger partial charge in [0.1, 0.15) is 6.10 Å². The highest BCUT2D eigenvalue weighted by molar-refractivity contribution is 5.93. The van der Waals surface area contributed by atoms with Crippen LogP contribution in [-0.4, -0.2) is 34.4 Å². The Labute approximate surface area is 155 Å². The Bertz CT molecular complexity index is 915. The van der Waals surface area contributed by atoms with Crippen molar-refractivity contribution in [1.82, 2.24) is 20.7 Å². The Hall–Kier alpha value is -3.00. The Kier molecular flexibility index (Phi) is 4.72. The minimum absolute atomic E-state index is 0.0505. The van der Waals surface area contributed by atoms with Crippen molar-refractivity contribution in [3.05, 3.63) is 53.9 Å². The van der Waals surface area contributed by atoms with E-state index in [0.29, 0.717) is 17.5 Å². The predicted molar refractivity (Wildman–Crippen MR) is 94.9 cm³/mol. The normalized spacial score (nSPS) is 20.1. The predicted octanol–water partition coefficient (Wildman–Crippen LogP) is 3.11. The van der Waals surface area contributed by atoms with Gasteiger partial charge >= 0.3 is 0 Å². The highest BCUT2D eigenvalue weighted by Gasteiger charge is 2.36. The molecule has 1 aliphatic carbocycles. The first-order valence-electron chi connectivity index (χ1n) is 8.83. The van der Waals surface area contributed by atoms with Crippen molar-refractivity contribution in [2.45, 2.75) is 37.8 Å². The zero-order chi connectivity index (χ0) is 18.8. The fraction of sp³-hybridized carbons (Fsp3) is 0.368. The second-order valence-electron chi connectivity index (χ2n) is 6.64. The van der Waals surface area contributed by atoms with Gasteiger partial charge in [-0.05, 0) is 19.8 Å². The molecule has 0 saturated heterocycles. The number of rotatable bonds is 6. The third-order valence-corrected chi connectivity index (χ3v) is 4.78. The van der Waals surface area contributed by atoms with Gasteiger partial charge in [0.2, 0.25) is 11.8 Å². The maximum Gasteiger partial charge on any atom is 0.273 e. The number of hydrogen-bond acceptors (Lipinski definition) is 7. The summed E-state index contributed by atoms with van der Waals surface area (Å²) in [7, 11) is 1.59. The van der Waals surface area contributed by atoms with E-state index in [1.165, 1.54) is 0 Å². The van der Waals surface area contributed by atoms with Crippen molar-refractivity contribution < 1.29 is 18.5 Å². The molecule has 140 valence electrons. The van der Waals surface area contributed by atoms with Gasteiger partial charge in [0, 0.05) is 30.7 Å². The number of carbonyl (C=O) groups excluding carboxylic acids is 1. The third-order valence-electron chi connectivity index (χ3n) is 4.78. The molecule has 27 heavy (non-hydrogen) atoms. The van der Waals surface area contributed by atoms with E-state index in [-0.39, 0.29) is 29.7 Å². The van der Waals surface area contributed by atoms with Crippen LogP contribution in [0.4, 0.5) is 0 Å². The molecule has 0 unspecified atom stereocenters. The maximum atomic E-state index is 12.4. The fourth-order valence-electron chi connectivity index (χ4n) is 2.99. The van der Waals surface area contributed by atoms with Crippen molar-refractivity contribution in [2.24, 2.45) is 0 Å². The molecule has 1 aromatic carbocycles. The molecule has 0 aliphatic heterocycles. The molecule has 4 rings (SSSR count). The average molecular weight is 368 g/mol. The lowest BCUT2D eigenvalue weighted by atomic mass is 9.80. The number of benzene rings is 1. The van der Waals surface area contributed by atoms with Crippen molar-refractivity contribution in [1.29, 1.82) is 0 Å². The molecule has 0 spiro atoms. The van der Waals surface area contributed by atoms with Crippen LogP contribution in [0.1, 0.15) is 54.1 Å². The van der Waals surface area contributed by atoms with Crippen LogP contribution < -0.4 is 5.32 Å². The number of carbonyl (C=O) groups is 1. The Morgan fingerprint density at radius 2 is 2.04 bits per heavy atom.